The Kier molecular flexibility index (Phi) is 10.6. The zero-order valence-electron chi connectivity index (χ0n) is 16.9. The van der Waals surface area contributed by atoms with Gasteiger partial charge >= 0.3 is 0 Å². The third-order valence-corrected chi connectivity index (χ3v) is 4.10. The van der Waals surface area contributed by atoms with E-state index < -0.39 is 0 Å². The van der Waals surface area contributed by atoms with E-state index in [2.05, 4.69) is 26.3 Å². The van der Waals surface area contributed by atoms with Gasteiger partial charge in [-0.2, -0.15) is 0 Å². The summed E-state index contributed by atoms with van der Waals surface area (Å²) >= 11 is 0. The highest BCUT2D eigenvalue weighted by atomic mass is 16.2. The first-order valence-corrected chi connectivity index (χ1v) is 9.62. The third-order valence-electron chi connectivity index (χ3n) is 4.10. The first-order valence-electron chi connectivity index (χ1n) is 9.62. The van der Waals surface area contributed by atoms with Crippen LogP contribution in [0.2, 0.25) is 0 Å². The van der Waals surface area contributed by atoms with Gasteiger partial charge < -0.3 is 21.3 Å². The summed E-state index contributed by atoms with van der Waals surface area (Å²) in [6.07, 6.45) is 2.05. The molecule has 1 aromatic carbocycles. The molecule has 0 spiro atoms. The lowest BCUT2D eigenvalue weighted by Crippen LogP contribution is -2.38. The normalized spacial score (nSPS) is 12.2. The van der Waals surface area contributed by atoms with E-state index in [1.165, 1.54) is 0 Å². The Morgan fingerprint density at radius 3 is 2.63 bits per heavy atom. The van der Waals surface area contributed by atoms with Crippen molar-refractivity contribution in [3.8, 4) is 0 Å². The minimum atomic E-state index is -0.0876. The van der Waals surface area contributed by atoms with Crippen molar-refractivity contribution < 1.29 is 9.59 Å². The second kappa shape index (κ2) is 12.7. The summed E-state index contributed by atoms with van der Waals surface area (Å²) in [5.74, 6) is 0.627. The van der Waals surface area contributed by atoms with Crippen molar-refractivity contribution in [2.75, 3.05) is 26.7 Å². The van der Waals surface area contributed by atoms with Crippen molar-refractivity contribution in [1.29, 1.82) is 0 Å². The van der Waals surface area contributed by atoms with Gasteiger partial charge in [-0.15, -0.1) is 0 Å². The number of guanidine groups is 1. The van der Waals surface area contributed by atoms with Gasteiger partial charge in [0.15, 0.2) is 5.96 Å². The number of benzene rings is 1. The molecule has 0 fully saturated rings. The Morgan fingerprint density at radius 2 is 1.96 bits per heavy atom. The van der Waals surface area contributed by atoms with E-state index in [4.69, 9.17) is 0 Å². The van der Waals surface area contributed by atoms with Crippen LogP contribution >= 0.6 is 0 Å². The molecule has 4 N–H and O–H groups in total. The monoisotopic (exact) mass is 375 g/mol. The molecule has 0 radical (unpaired) electrons. The summed E-state index contributed by atoms with van der Waals surface area (Å²) in [5, 5.41) is 12.0. The molecular weight excluding hydrogens is 342 g/mol. The van der Waals surface area contributed by atoms with Gasteiger partial charge in [0.2, 0.25) is 5.91 Å². The lowest BCUT2D eigenvalue weighted by molar-refractivity contribution is -0.121. The van der Waals surface area contributed by atoms with Crippen LogP contribution in [0.15, 0.2) is 29.3 Å². The fourth-order valence-corrected chi connectivity index (χ4v) is 2.40. The van der Waals surface area contributed by atoms with Crippen LogP contribution in [0.3, 0.4) is 0 Å². The van der Waals surface area contributed by atoms with E-state index in [0.29, 0.717) is 31.0 Å². The van der Waals surface area contributed by atoms with Crippen LogP contribution in [0.1, 0.15) is 49.5 Å². The van der Waals surface area contributed by atoms with Crippen molar-refractivity contribution in [1.82, 2.24) is 21.3 Å². The smallest absolute Gasteiger partial charge is 0.251 e. The van der Waals surface area contributed by atoms with Crippen LogP contribution in [0.4, 0.5) is 0 Å². The van der Waals surface area contributed by atoms with Gasteiger partial charge in [0.25, 0.3) is 5.91 Å². The Hall–Kier alpha value is -2.57. The zero-order chi connectivity index (χ0) is 20.1. The molecule has 0 bridgehead atoms. The van der Waals surface area contributed by atoms with Gasteiger partial charge in [0.1, 0.15) is 0 Å². The van der Waals surface area contributed by atoms with Crippen LogP contribution in [-0.2, 0) is 11.2 Å². The number of hydrogen-bond donors (Lipinski definition) is 4. The van der Waals surface area contributed by atoms with Gasteiger partial charge in [-0.3, -0.25) is 14.6 Å². The Morgan fingerprint density at radius 1 is 1.19 bits per heavy atom. The molecule has 0 heterocycles. The van der Waals surface area contributed by atoms with Crippen LogP contribution in [0.5, 0.6) is 0 Å². The Labute approximate surface area is 162 Å². The predicted molar refractivity (Wildman–Crippen MR) is 110 cm³/mol. The van der Waals surface area contributed by atoms with Gasteiger partial charge in [-0.1, -0.05) is 19.1 Å². The topological polar surface area (TPSA) is 94.6 Å². The molecular formula is C20H33N5O2. The summed E-state index contributed by atoms with van der Waals surface area (Å²) in [6.45, 7) is 7.90. The molecule has 7 nitrogen and oxygen atoms in total. The maximum Gasteiger partial charge on any atom is 0.251 e. The Balaban J connectivity index is 2.48. The molecule has 0 aliphatic rings. The van der Waals surface area contributed by atoms with Crippen LogP contribution in [0, 0.1) is 0 Å². The van der Waals surface area contributed by atoms with E-state index in [9.17, 15) is 9.59 Å². The van der Waals surface area contributed by atoms with Crippen molar-refractivity contribution in [3.05, 3.63) is 35.4 Å². The van der Waals surface area contributed by atoms with Gasteiger partial charge in [-0.05, 0) is 44.4 Å². The zero-order valence-corrected chi connectivity index (χ0v) is 16.9. The van der Waals surface area contributed by atoms with Crippen LogP contribution < -0.4 is 21.3 Å². The average molecular weight is 376 g/mol. The summed E-state index contributed by atoms with van der Waals surface area (Å²) in [7, 11) is 1.62. The first kappa shape index (κ1) is 22.5. The van der Waals surface area contributed by atoms with Crippen molar-refractivity contribution in [2.45, 2.75) is 46.1 Å². The summed E-state index contributed by atoms with van der Waals surface area (Å²) < 4.78 is 0. The highest BCUT2D eigenvalue weighted by molar-refractivity contribution is 5.94. The molecule has 1 unspecified atom stereocenters. The number of nitrogens with one attached hydrogen (secondary N) is 4. The van der Waals surface area contributed by atoms with Gasteiger partial charge in [0, 0.05) is 38.2 Å². The maximum absolute atomic E-state index is 11.8. The summed E-state index contributed by atoms with van der Waals surface area (Å²) in [6, 6.07) is 7.76. The van der Waals surface area contributed by atoms with Crippen molar-refractivity contribution in [3.63, 3.8) is 0 Å². The molecule has 27 heavy (non-hydrogen) atoms. The number of carbonyl (C=O) groups excluding carboxylic acids is 2. The van der Waals surface area contributed by atoms with Crippen molar-refractivity contribution in [2.24, 2.45) is 4.99 Å². The molecule has 150 valence electrons. The van der Waals surface area contributed by atoms with E-state index in [-0.39, 0.29) is 17.9 Å². The van der Waals surface area contributed by atoms with E-state index in [0.717, 1.165) is 24.9 Å². The second-order valence-electron chi connectivity index (χ2n) is 6.34. The van der Waals surface area contributed by atoms with Gasteiger partial charge in [0.05, 0.1) is 6.54 Å². The lowest BCUT2D eigenvalue weighted by atomic mass is 10.1. The molecule has 0 aliphatic carbocycles. The van der Waals surface area contributed by atoms with Crippen LogP contribution in [-0.4, -0.2) is 50.5 Å². The number of carbonyl (C=O) groups is 2. The van der Waals surface area contributed by atoms with E-state index in [1.807, 2.05) is 39.0 Å². The molecule has 1 aromatic rings. The predicted octanol–water partition coefficient (Wildman–Crippen LogP) is 1.45. The fourth-order valence-electron chi connectivity index (χ4n) is 2.40. The van der Waals surface area contributed by atoms with Crippen molar-refractivity contribution >= 4 is 17.8 Å². The number of hydrogen-bond acceptors (Lipinski definition) is 3. The lowest BCUT2D eigenvalue weighted by Gasteiger charge is -2.13. The van der Waals surface area contributed by atoms with E-state index in [1.54, 1.807) is 13.1 Å². The third kappa shape index (κ3) is 9.08. The van der Waals surface area contributed by atoms with E-state index >= 15 is 0 Å². The average Bonchev–Trinajstić information content (AvgIpc) is 2.67. The molecule has 0 saturated carbocycles. The second-order valence-corrected chi connectivity index (χ2v) is 6.34. The summed E-state index contributed by atoms with van der Waals surface area (Å²) in [4.78, 5) is 28.0. The molecule has 1 atom stereocenters. The first-order chi connectivity index (χ1) is 13.0. The quantitative estimate of drug-likeness (QED) is 0.368. The minimum absolute atomic E-state index is 0.0231. The maximum atomic E-state index is 11.8. The number of amides is 2. The standard InChI is InChI=1S/C20H33N5O2/c1-5-15(3)25-18(26)11-13-24-20(22-6-2)23-12-10-16-8-7-9-17(14-16)19(27)21-4/h7-9,14-15H,5-6,10-13H2,1-4H3,(H,21,27)(H,25,26)(H2,22,23,24). The number of nitrogens with zero attached hydrogens (tertiary/aromatic N) is 1. The number of aliphatic imine (C=N–C) groups is 1. The number of rotatable bonds is 10. The summed E-state index contributed by atoms with van der Waals surface area (Å²) in [5.41, 5.74) is 1.73. The highest BCUT2D eigenvalue weighted by Gasteiger charge is 2.06. The minimum Gasteiger partial charge on any atom is -0.357 e. The fraction of sp³-hybridized carbons (Fsp3) is 0.550. The van der Waals surface area contributed by atoms with Gasteiger partial charge in [-0.25, -0.2) is 0 Å². The molecule has 0 saturated heterocycles. The molecule has 0 aliphatic heterocycles. The highest BCUT2D eigenvalue weighted by Crippen LogP contribution is 2.05. The molecule has 7 heteroatoms. The molecule has 2 amide bonds. The Bertz CT molecular complexity index is 631. The molecule has 0 aromatic heterocycles. The van der Waals surface area contributed by atoms with Crippen LogP contribution in [0.25, 0.3) is 0 Å². The largest absolute Gasteiger partial charge is 0.357 e. The molecule has 1 rings (SSSR count). The SMILES string of the molecule is CCNC(=NCCC(=O)NC(C)CC)NCCc1cccc(C(=O)NC)c1.